The normalized spacial score (nSPS) is 10.3. The van der Waals surface area contributed by atoms with Crippen LogP contribution in [0.25, 0.3) is 0 Å². The zero-order valence-corrected chi connectivity index (χ0v) is 8.57. The lowest BCUT2D eigenvalue weighted by molar-refractivity contribution is 0.106. The monoisotopic (exact) mass is 215 g/mol. The van der Waals surface area contributed by atoms with Crippen LogP contribution in [0.15, 0.2) is 12.3 Å². The Morgan fingerprint density at radius 3 is 2.93 bits per heavy atom. The van der Waals surface area contributed by atoms with Gasteiger partial charge in [0.15, 0.2) is 5.82 Å². The zero-order chi connectivity index (χ0) is 11.1. The fourth-order valence-electron chi connectivity index (χ4n) is 1.03. The molecule has 4 nitrogen and oxygen atoms in total. The molecule has 0 radical (unpaired) electrons. The van der Waals surface area contributed by atoms with Crippen molar-refractivity contribution in [3.63, 3.8) is 0 Å². The molecular weight excluding hydrogens is 201 g/mol. The van der Waals surface area contributed by atoms with Gasteiger partial charge in [-0.1, -0.05) is 0 Å². The molecule has 0 aliphatic rings. The highest BCUT2D eigenvalue weighted by Crippen LogP contribution is 2.16. The molecular formula is C10H14FNO3. The highest BCUT2D eigenvalue weighted by Gasteiger charge is 2.09. The van der Waals surface area contributed by atoms with Crippen molar-refractivity contribution < 1.29 is 19.0 Å². The molecule has 0 saturated heterocycles. The van der Waals surface area contributed by atoms with Crippen molar-refractivity contribution in [1.82, 2.24) is 4.98 Å². The molecule has 0 amide bonds. The second kappa shape index (κ2) is 6.31. The number of aromatic nitrogens is 1. The minimum Gasteiger partial charge on any atom is -0.473 e. The molecule has 1 aromatic heterocycles. The lowest BCUT2D eigenvalue weighted by Crippen LogP contribution is -2.09. The molecule has 0 bridgehead atoms. The first kappa shape index (κ1) is 11.9. The van der Waals surface area contributed by atoms with Crippen LogP contribution in [-0.4, -0.2) is 29.9 Å². The van der Waals surface area contributed by atoms with Crippen LogP contribution >= 0.6 is 0 Å². The lowest BCUT2D eigenvalue weighted by Gasteiger charge is -2.07. The number of aliphatic hydroxyl groups is 1. The van der Waals surface area contributed by atoms with Gasteiger partial charge in [0.05, 0.1) is 13.2 Å². The maximum atomic E-state index is 13.4. The topological polar surface area (TPSA) is 51.6 Å². The van der Waals surface area contributed by atoms with Gasteiger partial charge < -0.3 is 14.6 Å². The summed E-state index contributed by atoms with van der Waals surface area (Å²) in [5.74, 6) is -0.710. The van der Waals surface area contributed by atoms with E-state index in [0.29, 0.717) is 13.2 Å². The number of halogens is 1. The van der Waals surface area contributed by atoms with Crippen molar-refractivity contribution >= 4 is 0 Å². The molecule has 1 aromatic rings. The summed E-state index contributed by atoms with van der Waals surface area (Å²) < 4.78 is 23.5. The summed E-state index contributed by atoms with van der Waals surface area (Å²) in [7, 11) is 0. The standard InChI is InChI=1S/C10H14FNO3/c1-2-14-5-6-15-10-9(11)8(7-13)3-4-12-10/h3-4,13H,2,5-7H2,1H3. The average Bonchev–Trinajstić information content (AvgIpc) is 2.26. The third-order valence-corrected chi connectivity index (χ3v) is 1.78. The first-order valence-corrected chi connectivity index (χ1v) is 4.74. The van der Waals surface area contributed by atoms with Crippen LogP contribution in [-0.2, 0) is 11.3 Å². The molecule has 84 valence electrons. The maximum Gasteiger partial charge on any atom is 0.250 e. The quantitative estimate of drug-likeness (QED) is 0.723. The van der Waals surface area contributed by atoms with Crippen molar-refractivity contribution in [3.8, 4) is 5.88 Å². The largest absolute Gasteiger partial charge is 0.473 e. The Balaban J connectivity index is 2.53. The Morgan fingerprint density at radius 2 is 2.27 bits per heavy atom. The summed E-state index contributed by atoms with van der Waals surface area (Å²) in [6.07, 6.45) is 1.39. The van der Waals surface area contributed by atoms with E-state index in [1.54, 1.807) is 0 Å². The van der Waals surface area contributed by atoms with E-state index in [1.165, 1.54) is 12.3 Å². The van der Waals surface area contributed by atoms with Crippen LogP contribution < -0.4 is 4.74 Å². The van der Waals surface area contributed by atoms with Crippen molar-refractivity contribution in [1.29, 1.82) is 0 Å². The number of pyridine rings is 1. The fraction of sp³-hybridized carbons (Fsp3) is 0.500. The summed E-state index contributed by atoms with van der Waals surface area (Å²) in [5.41, 5.74) is 0.177. The van der Waals surface area contributed by atoms with Crippen LogP contribution in [0.5, 0.6) is 5.88 Å². The van der Waals surface area contributed by atoms with Crippen molar-refractivity contribution in [2.24, 2.45) is 0 Å². The molecule has 1 rings (SSSR count). The molecule has 0 unspecified atom stereocenters. The fourth-order valence-corrected chi connectivity index (χ4v) is 1.03. The van der Waals surface area contributed by atoms with Gasteiger partial charge in [0.2, 0.25) is 0 Å². The first-order valence-electron chi connectivity index (χ1n) is 4.74. The maximum absolute atomic E-state index is 13.4. The summed E-state index contributed by atoms with van der Waals surface area (Å²) >= 11 is 0. The predicted molar refractivity (Wildman–Crippen MR) is 52.1 cm³/mol. The third kappa shape index (κ3) is 3.45. The van der Waals surface area contributed by atoms with E-state index in [9.17, 15) is 4.39 Å². The minimum absolute atomic E-state index is 0.0961. The number of hydrogen-bond donors (Lipinski definition) is 1. The minimum atomic E-state index is -0.614. The Kier molecular flexibility index (Phi) is 5.00. The van der Waals surface area contributed by atoms with E-state index in [4.69, 9.17) is 14.6 Å². The molecule has 0 spiro atoms. The van der Waals surface area contributed by atoms with Crippen molar-refractivity contribution in [2.45, 2.75) is 13.5 Å². The van der Waals surface area contributed by atoms with E-state index >= 15 is 0 Å². The predicted octanol–water partition coefficient (Wildman–Crippen LogP) is 1.13. The van der Waals surface area contributed by atoms with Gasteiger partial charge >= 0.3 is 0 Å². The second-order valence-electron chi connectivity index (χ2n) is 2.79. The summed E-state index contributed by atoms with van der Waals surface area (Å²) in [4.78, 5) is 3.72. The van der Waals surface area contributed by atoms with Gasteiger partial charge in [0.25, 0.3) is 5.88 Å². The van der Waals surface area contributed by atoms with Gasteiger partial charge in [-0.15, -0.1) is 0 Å². The van der Waals surface area contributed by atoms with E-state index in [1.807, 2.05) is 6.92 Å². The van der Waals surface area contributed by atoms with E-state index in [0.717, 1.165) is 0 Å². The Morgan fingerprint density at radius 1 is 1.47 bits per heavy atom. The van der Waals surface area contributed by atoms with Crippen LogP contribution in [0.3, 0.4) is 0 Å². The molecule has 0 saturated carbocycles. The molecule has 0 aromatic carbocycles. The van der Waals surface area contributed by atoms with Gasteiger partial charge in [-0.25, -0.2) is 9.37 Å². The summed E-state index contributed by atoms with van der Waals surface area (Å²) in [6.45, 7) is 2.73. The SMILES string of the molecule is CCOCCOc1nccc(CO)c1F. The van der Waals surface area contributed by atoms with E-state index in [2.05, 4.69) is 4.98 Å². The zero-order valence-electron chi connectivity index (χ0n) is 8.57. The lowest BCUT2D eigenvalue weighted by atomic mass is 10.3. The van der Waals surface area contributed by atoms with Gasteiger partial charge in [0, 0.05) is 18.4 Å². The van der Waals surface area contributed by atoms with Gasteiger partial charge in [-0.05, 0) is 13.0 Å². The Bertz CT molecular complexity index is 307. The number of nitrogens with zero attached hydrogens (tertiary/aromatic N) is 1. The van der Waals surface area contributed by atoms with Gasteiger partial charge in [0.1, 0.15) is 6.61 Å². The van der Waals surface area contributed by atoms with Crippen LogP contribution in [0.2, 0.25) is 0 Å². The van der Waals surface area contributed by atoms with Gasteiger partial charge in [-0.3, -0.25) is 0 Å². The average molecular weight is 215 g/mol. The molecule has 1 N–H and O–H groups in total. The van der Waals surface area contributed by atoms with E-state index in [-0.39, 0.29) is 24.7 Å². The molecule has 1 heterocycles. The van der Waals surface area contributed by atoms with Crippen LogP contribution in [0, 0.1) is 5.82 Å². The number of hydrogen-bond acceptors (Lipinski definition) is 4. The second-order valence-corrected chi connectivity index (χ2v) is 2.79. The highest BCUT2D eigenvalue weighted by molar-refractivity contribution is 5.22. The van der Waals surface area contributed by atoms with E-state index < -0.39 is 5.82 Å². The molecule has 5 heteroatoms. The molecule has 0 aliphatic heterocycles. The first-order chi connectivity index (χ1) is 7.29. The third-order valence-electron chi connectivity index (χ3n) is 1.78. The Labute approximate surface area is 87.7 Å². The number of aliphatic hydroxyl groups excluding tert-OH is 1. The molecule has 0 aliphatic carbocycles. The number of ether oxygens (including phenoxy) is 2. The van der Waals surface area contributed by atoms with Crippen LogP contribution in [0.1, 0.15) is 12.5 Å². The van der Waals surface area contributed by atoms with Crippen LogP contribution in [0.4, 0.5) is 4.39 Å². The molecule has 0 atom stereocenters. The van der Waals surface area contributed by atoms with Crippen molar-refractivity contribution in [3.05, 3.63) is 23.6 Å². The highest BCUT2D eigenvalue weighted by atomic mass is 19.1. The summed E-state index contributed by atoms with van der Waals surface area (Å²) in [6, 6.07) is 1.41. The number of rotatable bonds is 6. The Hall–Kier alpha value is -1.20. The van der Waals surface area contributed by atoms with Crippen molar-refractivity contribution in [2.75, 3.05) is 19.8 Å². The van der Waals surface area contributed by atoms with Gasteiger partial charge in [-0.2, -0.15) is 0 Å². The molecule has 15 heavy (non-hydrogen) atoms. The summed E-state index contributed by atoms with van der Waals surface area (Å²) in [5, 5.41) is 8.80. The molecule has 0 fully saturated rings. The smallest absolute Gasteiger partial charge is 0.250 e.